The molecule has 2 aromatic carbocycles. The van der Waals surface area contributed by atoms with Gasteiger partial charge in [-0.05, 0) is 56.1 Å². The van der Waals surface area contributed by atoms with Crippen LogP contribution in [0.25, 0.3) is 0 Å². The second-order valence-electron chi connectivity index (χ2n) is 6.11. The second kappa shape index (κ2) is 9.77. The van der Waals surface area contributed by atoms with Crippen LogP contribution in [0, 0.1) is 5.82 Å². The number of rotatable bonds is 9. The Balaban J connectivity index is 1.80. The lowest BCUT2D eigenvalue weighted by atomic mass is 10.1. The van der Waals surface area contributed by atoms with Gasteiger partial charge in [-0.15, -0.1) is 0 Å². The molecule has 0 saturated heterocycles. The number of nitrogens with one attached hydrogen (secondary N) is 1. The fraction of sp³-hybridized carbons (Fsp3) is 0.350. The van der Waals surface area contributed by atoms with E-state index in [0.29, 0.717) is 12.3 Å². The molecule has 0 aromatic heterocycles. The number of likely N-dealkylation sites (N-methyl/N-ethyl adjacent to an activating group) is 1. The van der Waals surface area contributed by atoms with Crippen molar-refractivity contribution in [3.63, 3.8) is 0 Å². The number of methoxy groups -OCH3 is 1. The molecule has 2 rings (SSSR count). The Hall–Kier alpha value is -2.60. The lowest BCUT2D eigenvalue weighted by molar-refractivity contribution is -0.121. The fourth-order valence-electron chi connectivity index (χ4n) is 2.52. The first-order valence-electron chi connectivity index (χ1n) is 8.45. The number of hydrogen-bond acceptors (Lipinski definition) is 4. The van der Waals surface area contributed by atoms with Crippen LogP contribution in [0.4, 0.5) is 4.39 Å². The summed E-state index contributed by atoms with van der Waals surface area (Å²) in [7, 11) is 5.57. The molecule has 0 fully saturated rings. The predicted octanol–water partition coefficient (Wildman–Crippen LogP) is 3.02. The fourth-order valence-corrected chi connectivity index (χ4v) is 2.52. The van der Waals surface area contributed by atoms with Crippen LogP contribution < -0.4 is 14.8 Å². The first kappa shape index (κ1) is 19.7. The van der Waals surface area contributed by atoms with Crippen LogP contribution in [-0.2, 0) is 4.79 Å². The Morgan fingerprint density at radius 3 is 2.27 bits per heavy atom. The lowest BCUT2D eigenvalue weighted by Crippen LogP contribution is -2.35. The summed E-state index contributed by atoms with van der Waals surface area (Å²) in [4.78, 5) is 14.1. The van der Waals surface area contributed by atoms with Gasteiger partial charge in [-0.3, -0.25) is 4.79 Å². The Bertz CT molecular complexity index is 687. The van der Waals surface area contributed by atoms with E-state index >= 15 is 0 Å². The zero-order chi connectivity index (χ0) is 18.9. The van der Waals surface area contributed by atoms with Crippen molar-refractivity contribution >= 4 is 5.91 Å². The molecule has 0 aliphatic rings. The largest absolute Gasteiger partial charge is 0.497 e. The van der Waals surface area contributed by atoms with Crippen molar-refractivity contribution in [1.82, 2.24) is 10.2 Å². The van der Waals surface area contributed by atoms with E-state index in [1.807, 2.05) is 38.4 Å². The number of ether oxygens (including phenoxy) is 2. The molecule has 1 unspecified atom stereocenters. The minimum atomic E-state index is -0.316. The third-order valence-electron chi connectivity index (χ3n) is 4.03. The van der Waals surface area contributed by atoms with Crippen LogP contribution in [0.2, 0.25) is 0 Å². The van der Waals surface area contributed by atoms with Gasteiger partial charge in [0.15, 0.2) is 0 Å². The van der Waals surface area contributed by atoms with Gasteiger partial charge >= 0.3 is 0 Å². The molecule has 1 amide bonds. The Morgan fingerprint density at radius 2 is 1.69 bits per heavy atom. The maximum atomic E-state index is 12.8. The normalized spacial score (nSPS) is 11.9. The molecule has 0 radical (unpaired) electrons. The summed E-state index contributed by atoms with van der Waals surface area (Å²) in [5.74, 6) is 0.938. The number of halogens is 1. The zero-order valence-corrected chi connectivity index (χ0v) is 15.4. The van der Waals surface area contributed by atoms with Gasteiger partial charge in [-0.1, -0.05) is 12.1 Å². The van der Waals surface area contributed by atoms with E-state index in [0.717, 1.165) is 11.3 Å². The summed E-state index contributed by atoms with van der Waals surface area (Å²) in [5, 5.41) is 2.93. The third kappa shape index (κ3) is 6.04. The number of benzene rings is 2. The van der Waals surface area contributed by atoms with Gasteiger partial charge in [0.2, 0.25) is 5.91 Å². The maximum Gasteiger partial charge on any atom is 0.223 e. The predicted molar refractivity (Wildman–Crippen MR) is 98.9 cm³/mol. The Kier molecular flexibility index (Phi) is 7.41. The summed E-state index contributed by atoms with van der Waals surface area (Å²) in [5.41, 5.74) is 1.10. The Morgan fingerprint density at radius 1 is 1.08 bits per heavy atom. The van der Waals surface area contributed by atoms with E-state index in [1.165, 1.54) is 12.1 Å². The number of nitrogens with zero attached hydrogens (tertiary/aromatic N) is 1. The van der Waals surface area contributed by atoms with Crippen LogP contribution in [0.15, 0.2) is 48.5 Å². The van der Waals surface area contributed by atoms with Crippen molar-refractivity contribution in [3.8, 4) is 11.5 Å². The van der Waals surface area contributed by atoms with Gasteiger partial charge in [-0.2, -0.15) is 0 Å². The molecule has 1 atom stereocenters. The summed E-state index contributed by atoms with van der Waals surface area (Å²) in [6.07, 6.45) is 0.236. The smallest absolute Gasteiger partial charge is 0.223 e. The van der Waals surface area contributed by atoms with E-state index in [1.54, 1.807) is 19.2 Å². The lowest BCUT2D eigenvalue weighted by Gasteiger charge is -2.25. The SMILES string of the molecule is COc1ccc(C(CNC(=O)CCOc2ccc(F)cc2)N(C)C)cc1. The monoisotopic (exact) mass is 360 g/mol. The molecule has 2 aromatic rings. The molecule has 0 aliphatic carbocycles. The van der Waals surface area contributed by atoms with Gasteiger partial charge in [-0.25, -0.2) is 4.39 Å². The molecular formula is C20H25FN2O3. The van der Waals surface area contributed by atoms with Crippen LogP contribution in [0.3, 0.4) is 0 Å². The first-order chi connectivity index (χ1) is 12.5. The topological polar surface area (TPSA) is 50.8 Å². The van der Waals surface area contributed by atoms with Gasteiger partial charge in [0.1, 0.15) is 17.3 Å². The van der Waals surface area contributed by atoms with Crippen molar-refractivity contribution in [2.45, 2.75) is 12.5 Å². The summed E-state index contributed by atoms with van der Waals surface area (Å²) >= 11 is 0. The number of carbonyl (C=O) groups is 1. The summed E-state index contributed by atoms with van der Waals surface area (Å²) < 4.78 is 23.5. The van der Waals surface area contributed by atoms with Crippen molar-refractivity contribution in [2.24, 2.45) is 0 Å². The highest BCUT2D eigenvalue weighted by Gasteiger charge is 2.15. The van der Waals surface area contributed by atoms with E-state index in [4.69, 9.17) is 9.47 Å². The minimum Gasteiger partial charge on any atom is -0.497 e. The molecule has 0 heterocycles. The molecule has 6 heteroatoms. The van der Waals surface area contributed by atoms with Gasteiger partial charge in [0.05, 0.1) is 26.2 Å². The standard InChI is InChI=1S/C20H25FN2O3/c1-23(2)19(15-4-8-17(25-3)9-5-15)14-22-20(24)12-13-26-18-10-6-16(21)7-11-18/h4-11,19H,12-14H2,1-3H3,(H,22,24). The second-order valence-corrected chi connectivity index (χ2v) is 6.11. The molecule has 26 heavy (non-hydrogen) atoms. The van der Waals surface area contributed by atoms with Crippen LogP contribution in [0.1, 0.15) is 18.0 Å². The number of carbonyl (C=O) groups excluding carboxylic acids is 1. The average molecular weight is 360 g/mol. The summed E-state index contributed by atoms with van der Waals surface area (Å²) in [6.45, 7) is 0.737. The van der Waals surface area contributed by atoms with Crippen molar-refractivity contribution < 1.29 is 18.7 Å². The van der Waals surface area contributed by atoms with Crippen LogP contribution in [0.5, 0.6) is 11.5 Å². The Labute approximate surface area is 153 Å². The number of hydrogen-bond donors (Lipinski definition) is 1. The van der Waals surface area contributed by atoms with E-state index in [9.17, 15) is 9.18 Å². The molecule has 140 valence electrons. The highest BCUT2D eigenvalue weighted by atomic mass is 19.1. The molecule has 0 saturated carbocycles. The molecule has 5 nitrogen and oxygen atoms in total. The average Bonchev–Trinajstić information content (AvgIpc) is 2.64. The van der Waals surface area contributed by atoms with Crippen molar-refractivity contribution in [3.05, 3.63) is 59.9 Å². The van der Waals surface area contributed by atoms with Gasteiger partial charge < -0.3 is 19.7 Å². The molecule has 0 spiro atoms. The first-order valence-corrected chi connectivity index (χ1v) is 8.45. The number of amides is 1. The zero-order valence-electron chi connectivity index (χ0n) is 15.4. The highest BCUT2D eigenvalue weighted by molar-refractivity contribution is 5.76. The molecule has 0 bridgehead atoms. The highest BCUT2D eigenvalue weighted by Crippen LogP contribution is 2.20. The van der Waals surface area contributed by atoms with E-state index in [-0.39, 0.29) is 30.8 Å². The third-order valence-corrected chi connectivity index (χ3v) is 4.03. The van der Waals surface area contributed by atoms with E-state index < -0.39 is 0 Å². The molecular weight excluding hydrogens is 335 g/mol. The maximum absolute atomic E-state index is 12.8. The van der Waals surface area contributed by atoms with Crippen LogP contribution in [-0.4, -0.2) is 45.2 Å². The summed E-state index contributed by atoms with van der Waals surface area (Å²) in [6, 6.07) is 13.6. The van der Waals surface area contributed by atoms with Crippen LogP contribution >= 0.6 is 0 Å². The molecule has 1 N–H and O–H groups in total. The van der Waals surface area contributed by atoms with Crippen molar-refractivity contribution in [2.75, 3.05) is 34.4 Å². The molecule has 0 aliphatic heterocycles. The van der Waals surface area contributed by atoms with Gasteiger partial charge in [0, 0.05) is 6.54 Å². The van der Waals surface area contributed by atoms with Crippen molar-refractivity contribution in [1.29, 1.82) is 0 Å². The minimum absolute atomic E-state index is 0.0582. The van der Waals surface area contributed by atoms with E-state index in [2.05, 4.69) is 10.2 Å². The van der Waals surface area contributed by atoms with Gasteiger partial charge in [0.25, 0.3) is 0 Å². The quantitative estimate of drug-likeness (QED) is 0.747.